The van der Waals surface area contributed by atoms with Gasteiger partial charge in [-0.3, -0.25) is 10.4 Å². The number of likely N-dealkylation sites (tertiary alicyclic amines) is 1. The van der Waals surface area contributed by atoms with Gasteiger partial charge in [0.15, 0.2) is 0 Å². The van der Waals surface area contributed by atoms with Crippen molar-refractivity contribution < 1.29 is 0 Å². The molecule has 1 aliphatic rings. The summed E-state index contributed by atoms with van der Waals surface area (Å²) in [6.45, 7) is 4.43. The first kappa shape index (κ1) is 11.3. The van der Waals surface area contributed by atoms with Crippen LogP contribution in [-0.4, -0.2) is 31.0 Å². The molecule has 0 aromatic rings. The van der Waals surface area contributed by atoms with Crippen molar-refractivity contribution in [2.75, 3.05) is 20.1 Å². The fraction of sp³-hybridized carbons (Fsp3) is 0.900. The largest absolute Gasteiger partial charge is 0.342 e. The van der Waals surface area contributed by atoms with Crippen LogP contribution in [0.5, 0.6) is 0 Å². The Labute approximate surface area is 86.5 Å². The van der Waals surface area contributed by atoms with Crippen LogP contribution in [0.15, 0.2) is 4.99 Å². The highest BCUT2D eigenvalue weighted by Gasteiger charge is 2.19. The average Bonchev–Trinajstić information content (AvgIpc) is 2.23. The van der Waals surface area contributed by atoms with Gasteiger partial charge in [0.1, 0.15) is 0 Å². The van der Waals surface area contributed by atoms with Gasteiger partial charge in [-0.15, -0.1) is 0 Å². The highest BCUT2D eigenvalue weighted by Crippen LogP contribution is 2.21. The van der Waals surface area contributed by atoms with Crippen molar-refractivity contribution in [3.63, 3.8) is 0 Å². The van der Waals surface area contributed by atoms with Gasteiger partial charge in [0, 0.05) is 20.1 Å². The first-order valence-corrected chi connectivity index (χ1v) is 5.50. The van der Waals surface area contributed by atoms with E-state index in [-0.39, 0.29) is 0 Å². The fourth-order valence-corrected chi connectivity index (χ4v) is 2.14. The van der Waals surface area contributed by atoms with Crippen LogP contribution in [0.3, 0.4) is 0 Å². The van der Waals surface area contributed by atoms with E-state index in [1.54, 1.807) is 7.05 Å². The molecule has 14 heavy (non-hydrogen) atoms. The maximum absolute atomic E-state index is 5.38. The molecule has 0 aliphatic carbocycles. The Hall–Kier alpha value is -0.770. The summed E-state index contributed by atoms with van der Waals surface area (Å²) < 4.78 is 0. The molecule has 0 unspecified atom stereocenters. The van der Waals surface area contributed by atoms with Crippen LogP contribution in [0.2, 0.25) is 0 Å². The van der Waals surface area contributed by atoms with Crippen LogP contribution in [0.25, 0.3) is 0 Å². The molecule has 0 saturated carbocycles. The molecule has 4 nitrogen and oxygen atoms in total. The molecular weight excluding hydrogens is 176 g/mol. The van der Waals surface area contributed by atoms with E-state index in [1.165, 1.54) is 25.7 Å². The van der Waals surface area contributed by atoms with Crippen molar-refractivity contribution in [3.05, 3.63) is 0 Å². The van der Waals surface area contributed by atoms with Gasteiger partial charge >= 0.3 is 0 Å². The van der Waals surface area contributed by atoms with Crippen LogP contribution in [-0.2, 0) is 0 Å². The molecule has 1 heterocycles. The molecular formula is C10H22N4. The zero-order valence-corrected chi connectivity index (χ0v) is 9.29. The van der Waals surface area contributed by atoms with Gasteiger partial charge in [-0.05, 0) is 18.8 Å². The quantitative estimate of drug-likeness (QED) is 0.300. The van der Waals surface area contributed by atoms with Crippen molar-refractivity contribution in [3.8, 4) is 0 Å². The summed E-state index contributed by atoms with van der Waals surface area (Å²) in [5.41, 5.74) is 2.64. The normalized spacial score (nSPS) is 19.9. The van der Waals surface area contributed by atoms with Crippen LogP contribution in [0.4, 0.5) is 0 Å². The summed E-state index contributed by atoms with van der Waals surface area (Å²) in [6.07, 6.45) is 5.21. The van der Waals surface area contributed by atoms with Gasteiger partial charge < -0.3 is 4.90 Å². The molecule has 1 aliphatic heterocycles. The standard InChI is InChI=1S/C10H22N4/c1-3-4-9-5-7-14(8-6-9)10(12-2)13-11/h9H,3-8,11H2,1-2H3,(H,12,13). The molecule has 4 heteroatoms. The highest BCUT2D eigenvalue weighted by molar-refractivity contribution is 5.79. The van der Waals surface area contributed by atoms with Crippen molar-refractivity contribution >= 4 is 5.96 Å². The predicted octanol–water partition coefficient (Wildman–Crippen LogP) is 0.948. The summed E-state index contributed by atoms with van der Waals surface area (Å²) in [6, 6.07) is 0. The molecule has 0 amide bonds. The molecule has 82 valence electrons. The second kappa shape index (κ2) is 5.86. The minimum Gasteiger partial charge on any atom is -0.342 e. The second-order valence-electron chi connectivity index (χ2n) is 3.91. The number of hydrogen-bond donors (Lipinski definition) is 2. The Bertz CT molecular complexity index is 183. The fourth-order valence-electron chi connectivity index (χ4n) is 2.14. The van der Waals surface area contributed by atoms with Crippen LogP contribution in [0, 0.1) is 5.92 Å². The number of hydrogen-bond acceptors (Lipinski definition) is 2. The number of rotatable bonds is 2. The lowest BCUT2D eigenvalue weighted by atomic mass is 9.93. The number of hydrazine groups is 1. The summed E-state index contributed by atoms with van der Waals surface area (Å²) in [7, 11) is 1.77. The number of aliphatic imine (C=N–C) groups is 1. The number of nitrogens with one attached hydrogen (secondary N) is 1. The maximum Gasteiger partial charge on any atom is 0.208 e. The zero-order chi connectivity index (χ0) is 10.4. The van der Waals surface area contributed by atoms with Gasteiger partial charge in [-0.2, -0.15) is 0 Å². The third-order valence-corrected chi connectivity index (χ3v) is 2.95. The minimum absolute atomic E-state index is 0.819. The first-order valence-electron chi connectivity index (χ1n) is 5.50. The Morgan fingerprint density at radius 2 is 2.14 bits per heavy atom. The topological polar surface area (TPSA) is 53.6 Å². The van der Waals surface area contributed by atoms with E-state index < -0.39 is 0 Å². The molecule has 0 aromatic heterocycles. The molecule has 0 radical (unpaired) electrons. The first-order chi connectivity index (χ1) is 6.81. The van der Waals surface area contributed by atoms with Crippen LogP contribution < -0.4 is 11.3 Å². The Balaban J connectivity index is 2.35. The van der Waals surface area contributed by atoms with Crippen molar-refractivity contribution in [1.82, 2.24) is 10.3 Å². The lowest BCUT2D eigenvalue weighted by Gasteiger charge is -2.33. The Morgan fingerprint density at radius 3 is 2.57 bits per heavy atom. The highest BCUT2D eigenvalue weighted by atomic mass is 15.4. The van der Waals surface area contributed by atoms with E-state index in [4.69, 9.17) is 5.84 Å². The Morgan fingerprint density at radius 1 is 1.50 bits per heavy atom. The summed E-state index contributed by atoms with van der Waals surface area (Å²) in [5, 5.41) is 0. The molecule has 0 aromatic carbocycles. The second-order valence-corrected chi connectivity index (χ2v) is 3.91. The lowest BCUT2D eigenvalue weighted by Crippen LogP contribution is -2.48. The van der Waals surface area contributed by atoms with Gasteiger partial charge in [-0.25, -0.2) is 5.84 Å². The number of piperidine rings is 1. The molecule has 3 N–H and O–H groups in total. The monoisotopic (exact) mass is 198 g/mol. The average molecular weight is 198 g/mol. The van der Waals surface area contributed by atoms with Crippen molar-refractivity contribution in [1.29, 1.82) is 0 Å². The van der Waals surface area contributed by atoms with E-state index in [0.717, 1.165) is 25.0 Å². The zero-order valence-electron chi connectivity index (χ0n) is 9.29. The summed E-state index contributed by atoms with van der Waals surface area (Å²) in [5.74, 6) is 7.11. The molecule has 0 bridgehead atoms. The van der Waals surface area contributed by atoms with Crippen LogP contribution >= 0.6 is 0 Å². The van der Waals surface area contributed by atoms with Gasteiger partial charge in [-0.1, -0.05) is 19.8 Å². The Kier molecular flexibility index (Phi) is 4.73. The van der Waals surface area contributed by atoms with Crippen LogP contribution in [0.1, 0.15) is 32.6 Å². The molecule has 0 atom stereocenters. The number of nitrogens with two attached hydrogens (primary N) is 1. The molecule has 1 saturated heterocycles. The maximum atomic E-state index is 5.38. The van der Waals surface area contributed by atoms with Gasteiger partial charge in [0.2, 0.25) is 5.96 Å². The van der Waals surface area contributed by atoms with E-state index in [0.29, 0.717) is 0 Å². The third kappa shape index (κ3) is 2.87. The van der Waals surface area contributed by atoms with Crippen molar-refractivity contribution in [2.45, 2.75) is 32.6 Å². The lowest BCUT2D eigenvalue weighted by molar-refractivity contribution is 0.249. The van der Waals surface area contributed by atoms with Gasteiger partial charge in [0.05, 0.1) is 0 Å². The smallest absolute Gasteiger partial charge is 0.208 e. The molecule has 1 rings (SSSR count). The predicted molar refractivity (Wildman–Crippen MR) is 59.9 cm³/mol. The number of nitrogens with zero attached hydrogens (tertiary/aromatic N) is 2. The number of guanidine groups is 1. The van der Waals surface area contributed by atoms with E-state index in [2.05, 4.69) is 22.2 Å². The van der Waals surface area contributed by atoms with E-state index >= 15 is 0 Å². The molecule has 1 fully saturated rings. The summed E-state index contributed by atoms with van der Waals surface area (Å²) in [4.78, 5) is 6.34. The third-order valence-electron chi connectivity index (χ3n) is 2.95. The van der Waals surface area contributed by atoms with Crippen molar-refractivity contribution in [2.24, 2.45) is 16.8 Å². The van der Waals surface area contributed by atoms with E-state index in [9.17, 15) is 0 Å². The molecule has 0 spiro atoms. The minimum atomic E-state index is 0.819. The SMILES string of the molecule is CCCC1CCN(C(=NC)NN)CC1. The summed E-state index contributed by atoms with van der Waals surface area (Å²) >= 11 is 0. The van der Waals surface area contributed by atoms with Gasteiger partial charge in [0.25, 0.3) is 0 Å². The van der Waals surface area contributed by atoms with E-state index in [1.807, 2.05) is 0 Å².